The maximum Gasteiger partial charge on any atom is 0.126 e. The third-order valence-electron chi connectivity index (χ3n) is 3.10. The van der Waals surface area contributed by atoms with Gasteiger partial charge in [0.25, 0.3) is 0 Å². The molecule has 1 aromatic carbocycles. The van der Waals surface area contributed by atoms with Gasteiger partial charge in [-0.15, -0.1) is 0 Å². The van der Waals surface area contributed by atoms with E-state index in [4.69, 9.17) is 9.47 Å². The fraction of sp³-hybridized carbons (Fsp3) is 0.500. The van der Waals surface area contributed by atoms with Crippen LogP contribution in [0.2, 0.25) is 0 Å². The van der Waals surface area contributed by atoms with Crippen molar-refractivity contribution >= 4 is 0 Å². The van der Waals surface area contributed by atoms with E-state index in [1.54, 1.807) is 14.2 Å². The molecule has 1 saturated heterocycles. The van der Waals surface area contributed by atoms with Gasteiger partial charge in [-0.2, -0.15) is 0 Å². The molecule has 1 heterocycles. The Kier molecular flexibility index (Phi) is 2.82. The van der Waals surface area contributed by atoms with Crippen LogP contribution >= 0.6 is 0 Å². The largest absolute Gasteiger partial charge is 0.497 e. The Morgan fingerprint density at radius 1 is 1.27 bits per heavy atom. The zero-order valence-corrected chi connectivity index (χ0v) is 9.41. The molecule has 1 N–H and O–H groups in total. The third-order valence-corrected chi connectivity index (χ3v) is 3.10. The van der Waals surface area contributed by atoms with Crippen molar-refractivity contribution in [2.45, 2.75) is 18.9 Å². The Labute approximate surface area is 90.4 Å². The first-order valence-corrected chi connectivity index (χ1v) is 5.21. The lowest BCUT2D eigenvalue weighted by atomic mass is 9.85. The Morgan fingerprint density at radius 3 is 2.53 bits per heavy atom. The Balaban J connectivity index is 2.30. The van der Waals surface area contributed by atoms with Crippen LogP contribution in [-0.4, -0.2) is 26.8 Å². The molecule has 0 bridgehead atoms. The molecular formula is C12H17NO2. The van der Waals surface area contributed by atoms with E-state index < -0.39 is 0 Å². The fourth-order valence-corrected chi connectivity index (χ4v) is 1.98. The molecule has 1 aliphatic heterocycles. The van der Waals surface area contributed by atoms with Gasteiger partial charge in [0.15, 0.2) is 0 Å². The van der Waals surface area contributed by atoms with Gasteiger partial charge in [-0.1, -0.05) is 6.07 Å². The molecule has 0 saturated carbocycles. The number of methoxy groups -OCH3 is 2. The van der Waals surface area contributed by atoms with Gasteiger partial charge in [-0.3, -0.25) is 0 Å². The minimum atomic E-state index is 0.535. The van der Waals surface area contributed by atoms with Gasteiger partial charge in [0.1, 0.15) is 11.5 Å². The number of hydrogen-bond donors (Lipinski definition) is 1. The van der Waals surface area contributed by atoms with Crippen molar-refractivity contribution in [3.8, 4) is 11.5 Å². The number of hydrogen-bond acceptors (Lipinski definition) is 3. The molecule has 1 aromatic rings. The second kappa shape index (κ2) is 4.11. The maximum atomic E-state index is 5.39. The van der Waals surface area contributed by atoms with Gasteiger partial charge in [-0.05, 0) is 13.0 Å². The highest BCUT2D eigenvalue weighted by atomic mass is 16.5. The normalized spacial score (nSPS) is 24.5. The Hall–Kier alpha value is -1.22. The smallest absolute Gasteiger partial charge is 0.126 e. The van der Waals surface area contributed by atoms with E-state index in [2.05, 4.69) is 18.3 Å². The fourth-order valence-electron chi connectivity index (χ4n) is 1.98. The minimum absolute atomic E-state index is 0.535. The third kappa shape index (κ3) is 1.79. The summed E-state index contributed by atoms with van der Waals surface area (Å²) in [7, 11) is 3.37. The zero-order valence-electron chi connectivity index (χ0n) is 9.41. The lowest BCUT2D eigenvalue weighted by Crippen LogP contribution is -2.48. The van der Waals surface area contributed by atoms with Gasteiger partial charge in [-0.25, -0.2) is 0 Å². The van der Waals surface area contributed by atoms with Crippen molar-refractivity contribution in [2.24, 2.45) is 0 Å². The molecule has 2 atom stereocenters. The lowest BCUT2D eigenvalue weighted by Gasteiger charge is -2.36. The molecule has 1 fully saturated rings. The van der Waals surface area contributed by atoms with Crippen LogP contribution in [0, 0.1) is 0 Å². The summed E-state index contributed by atoms with van der Waals surface area (Å²) in [5.74, 6) is 2.33. The summed E-state index contributed by atoms with van der Waals surface area (Å²) in [5.41, 5.74) is 1.27. The topological polar surface area (TPSA) is 30.5 Å². The van der Waals surface area contributed by atoms with Gasteiger partial charge < -0.3 is 14.8 Å². The molecule has 0 radical (unpaired) electrons. The molecule has 3 nitrogen and oxygen atoms in total. The van der Waals surface area contributed by atoms with Crippen molar-refractivity contribution in [2.75, 3.05) is 20.8 Å². The van der Waals surface area contributed by atoms with Gasteiger partial charge in [0.05, 0.1) is 14.2 Å². The summed E-state index contributed by atoms with van der Waals surface area (Å²) in [4.78, 5) is 0. The summed E-state index contributed by atoms with van der Waals surface area (Å²) >= 11 is 0. The minimum Gasteiger partial charge on any atom is -0.497 e. The summed E-state index contributed by atoms with van der Waals surface area (Å²) in [6.45, 7) is 3.22. The van der Waals surface area contributed by atoms with E-state index in [1.807, 2.05) is 12.1 Å². The van der Waals surface area contributed by atoms with Crippen molar-refractivity contribution in [3.63, 3.8) is 0 Å². The molecule has 1 aliphatic rings. The second-order valence-corrected chi connectivity index (χ2v) is 3.91. The standard InChI is InChI=1S/C12H17NO2/c1-8-11(7-13-8)10-5-4-9(14-2)6-12(10)15-3/h4-6,8,11,13H,7H2,1-3H3. The van der Waals surface area contributed by atoms with Crippen molar-refractivity contribution in [1.29, 1.82) is 0 Å². The predicted molar refractivity (Wildman–Crippen MR) is 59.8 cm³/mol. The van der Waals surface area contributed by atoms with E-state index in [1.165, 1.54) is 5.56 Å². The molecule has 82 valence electrons. The molecule has 2 unspecified atom stereocenters. The van der Waals surface area contributed by atoms with Crippen LogP contribution in [0.25, 0.3) is 0 Å². The average Bonchev–Trinajstić information content (AvgIpc) is 2.27. The van der Waals surface area contributed by atoms with Crippen molar-refractivity contribution in [3.05, 3.63) is 23.8 Å². The average molecular weight is 207 g/mol. The number of benzene rings is 1. The molecule has 0 spiro atoms. The van der Waals surface area contributed by atoms with Gasteiger partial charge in [0.2, 0.25) is 0 Å². The second-order valence-electron chi connectivity index (χ2n) is 3.91. The molecule has 0 amide bonds. The Morgan fingerprint density at radius 2 is 2.07 bits per heavy atom. The van der Waals surface area contributed by atoms with Crippen LogP contribution in [0.1, 0.15) is 18.4 Å². The number of nitrogens with one attached hydrogen (secondary N) is 1. The summed E-state index contributed by atoms with van der Waals surface area (Å²) in [6, 6.07) is 6.57. The SMILES string of the molecule is COc1ccc(C2CNC2C)c(OC)c1. The van der Waals surface area contributed by atoms with Crippen LogP contribution in [0.15, 0.2) is 18.2 Å². The van der Waals surface area contributed by atoms with E-state index in [-0.39, 0.29) is 0 Å². The van der Waals surface area contributed by atoms with E-state index in [9.17, 15) is 0 Å². The monoisotopic (exact) mass is 207 g/mol. The van der Waals surface area contributed by atoms with Crippen LogP contribution in [0.4, 0.5) is 0 Å². The Bertz CT molecular complexity index is 351. The number of rotatable bonds is 3. The lowest BCUT2D eigenvalue weighted by molar-refractivity contribution is 0.318. The molecule has 15 heavy (non-hydrogen) atoms. The molecule has 0 aromatic heterocycles. The predicted octanol–water partition coefficient (Wildman–Crippen LogP) is 1.78. The van der Waals surface area contributed by atoms with Crippen LogP contribution in [0.3, 0.4) is 0 Å². The summed E-state index contributed by atoms with van der Waals surface area (Å²) in [5, 5.41) is 3.35. The van der Waals surface area contributed by atoms with E-state index in [0.29, 0.717) is 12.0 Å². The van der Waals surface area contributed by atoms with Crippen molar-refractivity contribution in [1.82, 2.24) is 5.32 Å². The summed E-state index contributed by atoms with van der Waals surface area (Å²) < 4.78 is 10.6. The van der Waals surface area contributed by atoms with Crippen LogP contribution < -0.4 is 14.8 Å². The van der Waals surface area contributed by atoms with E-state index >= 15 is 0 Å². The molecule has 0 aliphatic carbocycles. The summed E-state index contributed by atoms with van der Waals surface area (Å²) in [6.07, 6.45) is 0. The van der Waals surface area contributed by atoms with Gasteiger partial charge in [0, 0.05) is 30.1 Å². The first-order valence-electron chi connectivity index (χ1n) is 5.21. The quantitative estimate of drug-likeness (QED) is 0.819. The highest BCUT2D eigenvalue weighted by Crippen LogP contribution is 2.35. The molecular weight excluding hydrogens is 190 g/mol. The molecule has 3 heteroatoms. The maximum absolute atomic E-state index is 5.39. The van der Waals surface area contributed by atoms with Gasteiger partial charge >= 0.3 is 0 Å². The van der Waals surface area contributed by atoms with Crippen LogP contribution in [-0.2, 0) is 0 Å². The van der Waals surface area contributed by atoms with Crippen LogP contribution in [0.5, 0.6) is 11.5 Å². The van der Waals surface area contributed by atoms with E-state index in [0.717, 1.165) is 18.0 Å². The first-order chi connectivity index (χ1) is 7.26. The van der Waals surface area contributed by atoms with Crippen molar-refractivity contribution < 1.29 is 9.47 Å². The first kappa shape index (κ1) is 10.3. The highest BCUT2D eigenvalue weighted by Gasteiger charge is 2.29. The molecule has 2 rings (SSSR count). The number of ether oxygens (including phenoxy) is 2. The highest BCUT2D eigenvalue weighted by molar-refractivity contribution is 5.44. The zero-order chi connectivity index (χ0) is 10.8.